The highest BCUT2D eigenvalue weighted by Gasteiger charge is 2.20. The Morgan fingerprint density at radius 3 is 2.53 bits per heavy atom. The summed E-state index contributed by atoms with van der Waals surface area (Å²) in [5.41, 5.74) is 0.622. The first kappa shape index (κ1) is 15.4. The third-order valence-corrected chi connectivity index (χ3v) is 2.75. The van der Waals surface area contributed by atoms with Crippen LogP contribution in [-0.4, -0.2) is 50.0 Å². The molecule has 0 aliphatic heterocycles. The molecule has 1 amide bonds. The Kier molecular flexibility index (Phi) is 5.30. The average molecular weight is 264 g/mol. The SMILES string of the molecule is CNc1ccc(C(=O)NCC(C)(C)CN(C)C)cn1. The van der Waals surface area contributed by atoms with Crippen LogP contribution in [0.4, 0.5) is 5.82 Å². The van der Waals surface area contributed by atoms with Crippen molar-refractivity contribution in [3.05, 3.63) is 23.9 Å². The predicted octanol–water partition coefficient (Wildman–Crippen LogP) is 1.44. The van der Waals surface area contributed by atoms with E-state index < -0.39 is 0 Å². The van der Waals surface area contributed by atoms with Crippen LogP contribution in [0.3, 0.4) is 0 Å². The fourth-order valence-electron chi connectivity index (χ4n) is 2.01. The van der Waals surface area contributed by atoms with Crippen LogP contribution in [0.25, 0.3) is 0 Å². The normalized spacial score (nSPS) is 11.5. The maximum atomic E-state index is 12.0. The molecule has 1 aromatic rings. The summed E-state index contributed by atoms with van der Waals surface area (Å²) in [6, 6.07) is 3.56. The van der Waals surface area contributed by atoms with Crippen LogP contribution in [0.1, 0.15) is 24.2 Å². The summed E-state index contributed by atoms with van der Waals surface area (Å²) in [5.74, 6) is 0.673. The third-order valence-electron chi connectivity index (χ3n) is 2.75. The molecule has 5 heteroatoms. The van der Waals surface area contributed by atoms with E-state index in [0.717, 1.165) is 12.4 Å². The van der Waals surface area contributed by atoms with Gasteiger partial charge in [0.2, 0.25) is 0 Å². The Labute approximate surface area is 115 Å². The Morgan fingerprint density at radius 1 is 1.37 bits per heavy atom. The molecule has 19 heavy (non-hydrogen) atoms. The molecule has 1 heterocycles. The van der Waals surface area contributed by atoms with Gasteiger partial charge in [0.05, 0.1) is 5.56 Å². The lowest BCUT2D eigenvalue weighted by molar-refractivity contribution is 0.0929. The largest absolute Gasteiger partial charge is 0.373 e. The number of carbonyl (C=O) groups excluding carboxylic acids is 1. The van der Waals surface area contributed by atoms with E-state index in [1.165, 1.54) is 0 Å². The van der Waals surface area contributed by atoms with Gasteiger partial charge in [0.1, 0.15) is 5.82 Å². The Hall–Kier alpha value is -1.62. The molecule has 0 aromatic carbocycles. The molecular weight excluding hydrogens is 240 g/mol. The molecule has 106 valence electrons. The first-order valence-electron chi connectivity index (χ1n) is 6.41. The van der Waals surface area contributed by atoms with Gasteiger partial charge in [-0.3, -0.25) is 4.79 Å². The van der Waals surface area contributed by atoms with E-state index in [1.54, 1.807) is 25.4 Å². The van der Waals surface area contributed by atoms with Crippen molar-refractivity contribution < 1.29 is 4.79 Å². The van der Waals surface area contributed by atoms with E-state index in [0.29, 0.717) is 12.1 Å². The van der Waals surface area contributed by atoms with Crippen LogP contribution < -0.4 is 10.6 Å². The minimum Gasteiger partial charge on any atom is -0.373 e. The topological polar surface area (TPSA) is 57.3 Å². The number of anilines is 1. The Bertz CT molecular complexity index is 412. The van der Waals surface area contributed by atoms with Crippen LogP contribution >= 0.6 is 0 Å². The van der Waals surface area contributed by atoms with E-state index in [9.17, 15) is 4.79 Å². The highest BCUT2D eigenvalue weighted by atomic mass is 16.1. The smallest absolute Gasteiger partial charge is 0.252 e. The average Bonchev–Trinajstić information content (AvgIpc) is 2.34. The summed E-state index contributed by atoms with van der Waals surface area (Å²) < 4.78 is 0. The number of hydrogen-bond donors (Lipinski definition) is 2. The molecule has 0 saturated heterocycles. The molecule has 0 radical (unpaired) electrons. The summed E-state index contributed by atoms with van der Waals surface area (Å²) in [4.78, 5) is 18.2. The van der Waals surface area contributed by atoms with Crippen molar-refractivity contribution in [3.8, 4) is 0 Å². The van der Waals surface area contributed by atoms with E-state index in [4.69, 9.17) is 0 Å². The van der Waals surface area contributed by atoms with Crippen LogP contribution in [0.15, 0.2) is 18.3 Å². The number of aromatic nitrogens is 1. The van der Waals surface area contributed by atoms with Crippen molar-refractivity contribution >= 4 is 11.7 Å². The summed E-state index contributed by atoms with van der Waals surface area (Å²) in [6.07, 6.45) is 1.58. The molecule has 0 saturated carbocycles. The first-order chi connectivity index (χ1) is 8.84. The molecule has 1 aromatic heterocycles. The van der Waals surface area contributed by atoms with Crippen LogP contribution in [-0.2, 0) is 0 Å². The summed E-state index contributed by atoms with van der Waals surface area (Å²) in [5, 5.41) is 5.88. The summed E-state index contributed by atoms with van der Waals surface area (Å²) in [6.45, 7) is 5.83. The van der Waals surface area contributed by atoms with E-state index in [-0.39, 0.29) is 11.3 Å². The zero-order valence-electron chi connectivity index (χ0n) is 12.4. The monoisotopic (exact) mass is 264 g/mol. The van der Waals surface area contributed by atoms with Gasteiger partial charge >= 0.3 is 0 Å². The van der Waals surface area contributed by atoms with Crippen molar-refractivity contribution in [2.75, 3.05) is 39.5 Å². The van der Waals surface area contributed by atoms with Gasteiger partial charge in [-0.25, -0.2) is 4.98 Å². The number of hydrogen-bond acceptors (Lipinski definition) is 4. The lowest BCUT2D eigenvalue weighted by Crippen LogP contribution is -2.40. The summed E-state index contributed by atoms with van der Waals surface area (Å²) >= 11 is 0. The number of rotatable bonds is 6. The van der Waals surface area contributed by atoms with Gasteiger partial charge in [-0.2, -0.15) is 0 Å². The lowest BCUT2D eigenvalue weighted by Gasteiger charge is -2.28. The van der Waals surface area contributed by atoms with Gasteiger partial charge in [0.25, 0.3) is 5.91 Å². The number of carbonyl (C=O) groups is 1. The maximum Gasteiger partial charge on any atom is 0.252 e. The highest BCUT2D eigenvalue weighted by molar-refractivity contribution is 5.94. The van der Waals surface area contributed by atoms with Crippen LogP contribution in [0.5, 0.6) is 0 Å². The zero-order chi connectivity index (χ0) is 14.5. The van der Waals surface area contributed by atoms with E-state index in [2.05, 4.69) is 34.4 Å². The van der Waals surface area contributed by atoms with Crippen molar-refractivity contribution in [1.82, 2.24) is 15.2 Å². The van der Waals surface area contributed by atoms with Crippen molar-refractivity contribution in [2.45, 2.75) is 13.8 Å². The fraction of sp³-hybridized carbons (Fsp3) is 0.571. The zero-order valence-corrected chi connectivity index (χ0v) is 12.4. The lowest BCUT2D eigenvalue weighted by atomic mass is 9.93. The van der Waals surface area contributed by atoms with Crippen molar-refractivity contribution in [3.63, 3.8) is 0 Å². The quantitative estimate of drug-likeness (QED) is 0.816. The fourth-order valence-corrected chi connectivity index (χ4v) is 2.01. The number of amides is 1. The third kappa shape index (κ3) is 5.26. The van der Waals surface area contributed by atoms with Crippen LogP contribution in [0.2, 0.25) is 0 Å². The maximum absolute atomic E-state index is 12.0. The molecule has 0 atom stereocenters. The molecule has 5 nitrogen and oxygen atoms in total. The van der Waals surface area contributed by atoms with Crippen molar-refractivity contribution in [1.29, 1.82) is 0 Å². The second-order valence-corrected chi connectivity index (χ2v) is 5.77. The number of nitrogens with one attached hydrogen (secondary N) is 2. The standard InChI is InChI=1S/C14H24N4O/c1-14(2,10-18(4)5)9-17-13(19)11-6-7-12(15-3)16-8-11/h6-8H,9-10H2,1-5H3,(H,15,16)(H,17,19). The first-order valence-corrected chi connectivity index (χ1v) is 6.41. The molecule has 0 spiro atoms. The minimum absolute atomic E-state index is 0.0392. The van der Waals surface area contributed by atoms with Gasteiger partial charge in [-0.15, -0.1) is 0 Å². The van der Waals surface area contributed by atoms with Crippen molar-refractivity contribution in [2.24, 2.45) is 5.41 Å². The highest BCUT2D eigenvalue weighted by Crippen LogP contribution is 2.14. The predicted molar refractivity (Wildman–Crippen MR) is 78.5 cm³/mol. The molecular formula is C14H24N4O. The molecule has 0 unspecified atom stereocenters. The Morgan fingerprint density at radius 2 is 2.05 bits per heavy atom. The second kappa shape index (κ2) is 6.52. The summed E-state index contributed by atoms with van der Waals surface area (Å²) in [7, 11) is 5.86. The van der Waals surface area contributed by atoms with Gasteiger partial charge in [0, 0.05) is 26.3 Å². The Balaban J connectivity index is 2.55. The van der Waals surface area contributed by atoms with E-state index >= 15 is 0 Å². The van der Waals surface area contributed by atoms with Gasteiger partial charge in [0.15, 0.2) is 0 Å². The minimum atomic E-state index is -0.0815. The molecule has 0 bridgehead atoms. The van der Waals surface area contributed by atoms with E-state index in [1.807, 2.05) is 14.1 Å². The molecule has 0 fully saturated rings. The van der Waals surface area contributed by atoms with Gasteiger partial charge in [-0.1, -0.05) is 13.8 Å². The molecule has 1 rings (SSSR count). The van der Waals surface area contributed by atoms with Gasteiger partial charge < -0.3 is 15.5 Å². The number of nitrogens with zero attached hydrogens (tertiary/aromatic N) is 2. The number of pyridine rings is 1. The van der Waals surface area contributed by atoms with Gasteiger partial charge in [-0.05, 0) is 31.6 Å². The molecule has 0 aliphatic rings. The van der Waals surface area contributed by atoms with Crippen LogP contribution in [0, 0.1) is 5.41 Å². The molecule has 0 aliphatic carbocycles. The molecule has 2 N–H and O–H groups in total. The second-order valence-electron chi connectivity index (χ2n) is 5.77.